The minimum atomic E-state index is -4.47. The Morgan fingerprint density at radius 1 is 0.920 bits per heavy atom. The molecule has 2 rings (SSSR count). The van der Waals surface area contributed by atoms with E-state index in [0.717, 1.165) is 12.1 Å². The summed E-state index contributed by atoms with van der Waals surface area (Å²) in [7, 11) is 0. The van der Waals surface area contributed by atoms with Crippen LogP contribution in [0.5, 0.6) is 0 Å². The van der Waals surface area contributed by atoms with Crippen molar-refractivity contribution in [1.82, 2.24) is 0 Å². The molecule has 8 heteroatoms. The van der Waals surface area contributed by atoms with E-state index < -0.39 is 17.6 Å². The van der Waals surface area contributed by atoms with Crippen molar-refractivity contribution in [2.45, 2.75) is 13.1 Å². The molecule has 0 atom stereocenters. The van der Waals surface area contributed by atoms with Gasteiger partial charge < -0.3 is 16.0 Å². The minimum absolute atomic E-state index is 0.0635. The van der Waals surface area contributed by atoms with Gasteiger partial charge in [-0.25, -0.2) is 0 Å². The largest absolute Gasteiger partial charge is 0.416 e. The zero-order valence-electron chi connectivity index (χ0n) is 13.3. The molecule has 3 N–H and O–H groups in total. The van der Waals surface area contributed by atoms with Gasteiger partial charge in [-0.05, 0) is 36.4 Å². The lowest BCUT2D eigenvalue weighted by atomic mass is 10.2. The Hall–Kier alpha value is -3.03. The molecule has 2 aromatic carbocycles. The maximum atomic E-state index is 12.6. The normalized spacial score (nSPS) is 10.9. The number of carbonyl (C=O) groups is 2. The highest BCUT2D eigenvalue weighted by atomic mass is 19.4. The number of halogens is 3. The van der Waals surface area contributed by atoms with Crippen LogP contribution in [0.25, 0.3) is 0 Å². The van der Waals surface area contributed by atoms with E-state index in [1.165, 1.54) is 19.1 Å². The van der Waals surface area contributed by atoms with Crippen LogP contribution >= 0.6 is 0 Å². The lowest BCUT2D eigenvalue weighted by molar-refractivity contribution is -0.137. The molecule has 0 spiro atoms. The molecule has 0 aliphatic carbocycles. The number of carbonyl (C=O) groups excluding carboxylic acids is 2. The molecule has 0 saturated heterocycles. The predicted octanol–water partition coefficient (Wildman–Crippen LogP) is 3.71. The third-order valence-electron chi connectivity index (χ3n) is 3.11. The highest BCUT2D eigenvalue weighted by Gasteiger charge is 2.30. The fraction of sp³-hybridized carbons (Fsp3) is 0.176. The number of benzene rings is 2. The van der Waals surface area contributed by atoms with Crippen LogP contribution in [-0.2, 0) is 15.8 Å². The third kappa shape index (κ3) is 5.83. The first-order valence-corrected chi connectivity index (χ1v) is 7.33. The van der Waals surface area contributed by atoms with E-state index in [0.29, 0.717) is 11.4 Å². The summed E-state index contributed by atoms with van der Waals surface area (Å²) in [5.41, 5.74) is 0.385. The van der Waals surface area contributed by atoms with E-state index in [9.17, 15) is 22.8 Å². The second-order valence-corrected chi connectivity index (χ2v) is 5.24. The number of hydrogen-bond acceptors (Lipinski definition) is 3. The minimum Gasteiger partial charge on any atom is -0.376 e. The monoisotopic (exact) mass is 351 g/mol. The van der Waals surface area contributed by atoms with Crippen LogP contribution in [-0.4, -0.2) is 18.4 Å². The summed E-state index contributed by atoms with van der Waals surface area (Å²) in [6.45, 7) is 1.24. The molecule has 0 radical (unpaired) electrons. The molecule has 0 heterocycles. The Morgan fingerprint density at radius 2 is 1.52 bits per heavy atom. The first-order valence-electron chi connectivity index (χ1n) is 7.33. The molecule has 0 saturated carbocycles. The van der Waals surface area contributed by atoms with Gasteiger partial charge >= 0.3 is 6.18 Å². The van der Waals surface area contributed by atoms with E-state index in [-0.39, 0.29) is 18.1 Å². The molecular weight excluding hydrogens is 335 g/mol. The zero-order valence-corrected chi connectivity index (χ0v) is 13.3. The smallest absolute Gasteiger partial charge is 0.376 e. The average Bonchev–Trinajstić information content (AvgIpc) is 2.52. The Labute approximate surface area is 142 Å². The Bertz CT molecular complexity index is 776. The van der Waals surface area contributed by atoms with Gasteiger partial charge in [0.25, 0.3) is 0 Å². The Morgan fingerprint density at radius 3 is 2.16 bits per heavy atom. The second-order valence-electron chi connectivity index (χ2n) is 5.24. The van der Waals surface area contributed by atoms with E-state index >= 15 is 0 Å². The molecule has 0 aromatic heterocycles. The number of alkyl halides is 3. The van der Waals surface area contributed by atoms with Crippen molar-refractivity contribution in [2.24, 2.45) is 0 Å². The van der Waals surface area contributed by atoms with Crippen LogP contribution < -0.4 is 16.0 Å². The summed E-state index contributed by atoms with van der Waals surface area (Å²) in [5.74, 6) is -0.719. The Kier molecular flexibility index (Phi) is 5.63. The van der Waals surface area contributed by atoms with E-state index in [1.807, 2.05) is 0 Å². The zero-order chi connectivity index (χ0) is 18.4. The maximum Gasteiger partial charge on any atom is 0.416 e. The molecule has 0 fully saturated rings. The van der Waals surface area contributed by atoms with Gasteiger partial charge in [0.1, 0.15) is 0 Å². The second kappa shape index (κ2) is 7.69. The first kappa shape index (κ1) is 18.3. The van der Waals surface area contributed by atoms with Gasteiger partial charge in [-0.3, -0.25) is 9.59 Å². The first-order chi connectivity index (χ1) is 11.7. The van der Waals surface area contributed by atoms with Crippen molar-refractivity contribution in [3.63, 3.8) is 0 Å². The molecule has 5 nitrogen and oxygen atoms in total. The summed E-state index contributed by atoms with van der Waals surface area (Å²) >= 11 is 0. The third-order valence-corrected chi connectivity index (χ3v) is 3.11. The number of anilines is 3. The lowest BCUT2D eigenvalue weighted by Crippen LogP contribution is -2.22. The molecule has 2 amide bonds. The van der Waals surface area contributed by atoms with Crippen LogP contribution in [0.4, 0.5) is 30.2 Å². The molecular formula is C17H16F3N3O2. The van der Waals surface area contributed by atoms with Gasteiger partial charge in [0.2, 0.25) is 11.8 Å². The summed E-state index contributed by atoms with van der Waals surface area (Å²) in [6.07, 6.45) is -4.47. The maximum absolute atomic E-state index is 12.6. The number of nitrogens with one attached hydrogen (secondary N) is 3. The SMILES string of the molecule is CC(=O)Nc1cccc(NCC(=O)Nc2cccc(C(F)(F)F)c2)c1. The van der Waals surface area contributed by atoms with E-state index in [4.69, 9.17) is 0 Å². The molecule has 0 aliphatic rings. The summed E-state index contributed by atoms with van der Waals surface area (Å²) in [4.78, 5) is 22.9. The predicted molar refractivity (Wildman–Crippen MR) is 89.3 cm³/mol. The van der Waals surface area contributed by atoms with Crippen LogP contribution in [0, 0.1) is 0 Å². The van der Waals surface area contributed by atoms with Gasteiger partial charge in [0.05, 0.1) is 12.1 Å². The van der Waals surface area contributed by atoms with Crippen LogP contribution in [0.2, 0.25) is 0 Å². The molecule has 0 bridgehead atoms. The molecule has 0 aliphatic heterocycles. The van der Waals surface area contributed by atoms with Crippen LogP contribution in [0.3, 0.4) is 0 Å². The molecule has 25 heavy (non-hydrogen) atoms. The van der Waals surface area contributed by atoms with Crippen LogP contribution in [0.1, 0.15) is 12.5 Å². The highest BCUT2D eigenvalue weighted by molar-refractivity contribution is 5.94. The molecule has 132 valence electrons. The number of amides is 2. The van der Waals surface area contributed by atoms with E-state index in [1.54, 1.807) is 24.3 Å². The van der Waals surface area contributed by atoms with Crippen molar-refractivity contribution in [3.05, 3.63) is 54.1 Å². The van der Waals surface area contributed by atoms with Crippen molar-refractivity contribution < 1.29 is 22.8 Å². The van der Waals surface area contributed by atoms with Gasteiger partial charge in [-0.2, -0.15) is 13.2 Å². The van der Waals surface area contributed by atoms with Gasteiger partial charge in [-0.15, -0.1) is 0 Å². The standard InChI is InChI=1S/C17H16F3N3O2/c1-11(24)22-15-7-3-5-13(9-15)21-10-16(25)23-14-6-2-4-12(8-14)17(18,19)20/h2-9,21H,10H2,1H3,(H,22,24)(H,23,25). The number of rotatable bonds is 5. The fourth-order valence-corrected chi connectivity index (χ4v) is 2.07. The number of hydrogen-bond donors (Lipinski definition) is 3. The average molecular weight is 351 g/mol. The van der Waals surface area contributed by atoms with Crippen molar-refractivity contribution >= 4 is 28.9 Å². The van der Waals surface area contributed by atoms with Gasteiger partial charge in [-0.1, -0.05) is 12.1 Å². The molecule has 2 aromatic rings. The van der Waals surface area contributed by atoms with Crippen molar-refractivity contribution in [1.29, 1.82) is 0 Å². The van der Waals surface area contributed by atoms with E-state index in [2.05, 4.69) is 16.0 Å². The summed E-state index contributed by atoms with van der Waals surface area (Å²) < 4.78 is 37.9. The van der Waals surface area contributed by atoms with Crippen molar-refractivity contribution in [2.75, 3.05) is 22.5 Å². The van der Waals surface area contributed by atoms with Crippen LogP contribution in [0.15, 0.2) is 48.5 Å². The summed E-state index contributed by atoms with van der Waals surface area (Å²) in [6, 6.07) is 11.1. The lowest BCUT2D eigenvalue weighted by Gasteiger charge is -2.11. The van der Waals surface area contributed by atoms with Gasteiger partial charge in [0.15, 0.2) is 0 Å². The topological polar surface area (TPSA) is 70.2 Å². The quantitative estimate of drug-likeness (QED) is 0.769. The molecule has 0 unspecified atom stereocenters. The fourth-order valence-electron chi connectivity index (χ4n) is 2.07. The van der Waals surface area contributed by atoms with Gasteiger partial charge in [0, 0.05) is 24.0 Å². The van der Waals surface area contributed by atoms with Crippen molar-refractivity contribution in [3.8, 4) is 0 Å². The Balaban J connectivity index is 1.94. The summed E-state index contributed by atoms with van der Waals surface area (Å²) in [5, 5.41) is 7.84. The highest BCUT2D eigenvalue weighted by Crippen LogP contribution is 2.30.